The SMILES string of the molecule is CCOC(=O)c1cnc2cccc(CO)n12. The summed E-state index contributed by atoms with van der Waals surface area (Å²) in [5.74, 6) is -0.434. The molecule has 2 heterocycles. The minimum Gasteiger partial charge on any atom is -0.461 e. The molecule has 0 amide bonds. The second-order valence-corrected chi connectivity index (χ2v) is 3.23. The van der Waals surface area contributed by atoms with Crippen LogP contribution in [-0.4, -0.2) is 27.1 Å². The van der Waals surface area contributed by atoms with Crippen molar-refractivity contribution in [2.24, 2.45) is 0 Å². The molecule has 5 heteroatoms. The van der Waals surface area contributed by atoms with Gasteiger partial charge >= 0.3 is 5.97 Å². The summed E-state index contributed by atoms with van der Waals surface area (Å²) >= 11 is 0. The van der Waals surface area contributed by atoms with E-state index in [9.17, 15) is 9.90 Å². The number of aromatic nitrogens is 2. The van der Waals surface area contributed by atoms with Crippen molar-refractivity contribution < 1.29 is 14.6 Å². The number of carbonyl (C=O) groups is 1. The van der Waals surface area contributed by atoms with Crippen molar-refractivity contribution >= 4 is 11.6 Å². The molecule has 0 aromatic carbocycles. The Balaban J connectivity index is 2.58. The van der Waals surface area contributed by atoms with Crippen molar-refractivity contribution in [3.8, 4) is 0 Å². The smallest absolute Gasteiger partial charge is 0.356 e. The van der Waals surface area contributed by atoms with E-state index in [-0.39, 0.29) is 6.61 Å². The molecule has 0 spiro atoms. The lowest BCUT2D eigenvalue weighted by molar-refractivity contribution is 0.0517. The van der Waals surface area contributed by atoms with Crippen molar-refractivity contribution in [3.63, 3.8) is 0 Å². The number of carbonyl (C=O) groups excluding carboxylic acids is 1. The third-order valence-corrected chi connectivity index (χ3v) is 2.26. The van der Waals surface area contributed by atoms with E-state index in [1.807, 2.05) is 0 Å². The summed E-state index contributed by atoms with van der Waals surface area (Å²) < 4.78 is 6.51. The van der Waals surface area contributed by atoms with E-state index in [4.69, 9.17) is 4.74 Å². The summed E-state index contributed by atoms with van der Waals surface area (Å²) in [7, 11) is 0. The van der Waals surface area contributed by atoms with Gasteiger partial charge in [0, 0.05) is 0 Å². The Hall–Kier alpha value is -1.88. The molecule has 0 aliphatic rings. The molecule has 0 fully saturated rings. The standard InChI is InChI=1S/C11H12N2O3/c1-2-16-11(15)9-6-12-10-5-3-4-8(7-14)13(9)10/h3-6,14H,2,7H2,1H3. The number of aliphatic hydroxyl groups excluding tert-OH is 1. The van der Waals surface area contributed by atoms with Gasteiger partial charge in [-0.25, -0.2) is 9.78 Å². The molecule has 2 aromatic heterocycles. The summed E-state index contributed by atoms with van der Waals surface area (Å²) in [6.07, 6.45) is 1.45. The first-order valence-electron chi connectivity index (χ1n) is 5.01. The predicted molar refractivity (Wildman–Crippen MR) is 57.1 cm³/mol. The average Bonchev–Trinajstić information content (AvgIpc) is 2.72. The van der Waals surface area contributed by atoms with E-state index in [1.54, 1.807) is 29.5 Å². The van der Waals surface area contributed by atoms with Crippen LogP contribution in [0.3, 0.4) is 0 Å². The van der Waals surface area contributed by atoms with Crippen molar-refractivity contribution in [1.29, 1.82) is 0 Å². The Morgan fingerprint density at radius 3 is 3.06 bits per heavy atom. The van der Waals surface area contributed by atoms with Crippen molar-refractivity contribution in [2.75, 3.05) is 6.61 Å². The van der Waals surface area contributed by atoms with Crippen LogP contribution < -0.4 is 0 Å². The lowest BCUT2D eigenvalue weighted by Crippen LogP contribution is -2.10. The van der Waals surface area contributed by atoms with Gasteiger partial charge in [-0.1, -0.05) is 6.07 Å². The van der Waals surface area contributed by atoms with Gasteiger partial charge in [-0.15, -0.1) is 0 Å². The largest absolute Gasteiger partial charge is 0.461 e. The highest BCUT2D eigenvalue weighted by Crippen LogP contribution is 2.12. The molecule has 0 radical (unpaired) electrons. The van der Waals surface area contributed by atoms with Gasteiger partial charge in [-0.3, -0.25) is 4.40 Å². The molecule has 16 heavy (non-hydrogen) atoms. The van der Waals surface area contributed by atoms with Gasteiger partial charge in [0.2, 0.25) is 0 Å². The molecule has 0 saturated carbocycles. The summed E-state index contributed by atoms with van der Waals surface area (Å²) in [5.41, 5.74) is 1.56. The van der Waals surface area contributed by atoms with Crippen LogP contribution in [0.15, 0.2) is 24.4 Å². The van der Waals surface area contributed by atoms with Crippen LogP contribution in [0.4, 0.5) is 0 Å². The first-order valence-corrected chi connectivity index (χ1v) is 5.01. The van der Waals surface area contributed by atoms with Crippen molar-refractivity contribution in [2.45, 2.75) is 13.5 Å². The van der Waals surface area contributed by atoms with Gasteiger partial charge in [0.25, 0.3) is 0 Å². The maximum atomic E-state index is 11.6. The number of rotatable bonds is 3. The van der Waals surface area contributed by atoms with E-state index >= 15 is 0 Å². The fourth-order valence-electron chi connectivity index (χ4n) is 1.58. The maximum absolute atomic E-state index is 11.6. The quantitative estimate of drug-likeness (QED) is 0.784. The number of hydrogen-bond donors (Lipinski definition) is 1. The molecule has 0 unspecified atom stereocenters. The summed E-state index contributed by atoms with van der Waals surface area (Å²) in [6, 6.07) is 5.28. The zero-order chi connectivity index (χ0) is 11.5. The fraction of sp³-hybridized carbons (Fsp3) is 0.273. The topological polar surface area (TPSA) is 63.8 Å². The molecule has 0 saturated heterocycles. The fourth-order valence-corrected chi connectivity index (χ4v) is 1.58. The van der Waals surface area contributed by atoms with E-state index in [0.717, 1.165) is 0 Å². The molecule has 84 valence electrons. The van der Waals surface area contributed by atoms with E-state index < -0.39 is 5.97 Å². The van der Waals surface area contributed by atoms with Gasteiger partial charge in [0.1, 0.15) is 5.65 Å². The lowest BCUT2D eigenvalue weighted by atomic mass is 10.3. The second kappa shape index (κ2) is 4.32. The monoisotopic (exact) mass is 220 g/mol. The number of fused-ring (bicyclic) bond motifs is 1. The van der Waals surface area contributed by atoms with E-state index in [2.05, 4.69) is 4.98 Å². The summed E-state index contributed by atoms with van der Waals surface area (Å²) in [4.78, 5) is 15.7. The summed E-state index contributed by atoms with van der Waals surface area (Å²) in [6.45, 7) is 1.90. The third kappa shape index (κ3) is 1.65. The Morgan fingerprint density at radius 1 is 1.56 bits per heavy atom. The molecule has 0 aliphatic carbocycles. The highest BCUT2D eigenvalue weighted by molar-refractivity contribution is 5.88. The van der Waals surface area contributed by atoms with Crippen LogP contribution in [0.5, 0.6) is 0 Å². The molecule has 0 aliphatic heterocycles. The van der Waals surface area contributed by atoms with Crippen LogP contribution in [-0.2, 0) is 11.3 Å². The molecule has 0 atom stereocenters. The summed E-state index contributed by atoms with van der Waals surface area (Å²) in [5, 5.41) is 9.19. The van der Waals surface area contributed by atoms with Gasteiger partial charge in [0.05, 0.1) is 25.1 Å². The number of imidazole rings is 1. The van der Waals surface area contributed by atoms with Gasteiger partial charge in [0.15, 0.2) is 5.69 Å². The molecular formula is C11H12N2O3. The number of aliphatic hydroxyl groups is 1. The molecular weight excluding hydrogens is 208 g/mol. The Labute approximate surface area is 92.3 Å². The zero-order valence-corrected chi connectivity index (χ0v) is 8.88. The highest BCUT2D eigenvalue weighted by atomic mass is 16.5. The minimum atomic E-state index is -0.434. The van der Waals surface area contributed by atoms with E-state index in [1.165, 1.54) is 6.20 Å². The lowest BCUT2D eigenvalue weighted by Gasteiger charge is -2.05. The van der Waals surface area contributed by atoms with Crippen molar-refractivity contribution in [1.82, 2.24) is 9.38 Å². The average molecular weight is 220 g/mol. The first-order chi connectivity index (χ1) is 7.77. The molecule has 2 rings (SSSR count). The number of esters is 1. The Kier molecular flexibility index (Phi) is 2.87. The number of pyridine rings is 1. The predicted octanol–water partition coefficient (Wildman–Crippen LogP) is 1.00. The normalized spacial score (nSPS) is 10.6. The Bertz CT molecular complexity index is 519. The van der Waals surface area contributed by atoms with Gasteiger partial charge in [-0.05, 0) is 19.1 Å². The molecule has 5 nitrogen and oxygen atoms in total. The van der Waals surface area contributed by atoms with E-state index in [0.29, 0.717) is 23.6 Å². The molecule has 2 aromatic rings. The third-order valence-electron chi connectivity index (χ3n) is 2.26. The van der Waals surface area contributed by atoms with Crippen LogP contribution in [0.2, 0.25) is 0 Å². The van der Waals surface area contributed by atoms with Crippen LogP contribution in [0.25, 0.3) is 5.65 Å². The van der Waals surface area contributed by atoms with Crippen LogP contribution >= 0.6 is 0 Å². The van der Waals surface area contributed by atoms with Gasteiger partial charge in [-0.2, -0.15) is 0 Å². The zero-order valence-electron chi connectivity index (χ0n) is 8.88. The Morgan fingerprint density at radius 2 is 2.38 bits per heavy atom. The first kappa shape index (κ1) is 10.6. The highest BCUT2D eigenvalue weighted by Gasteiger charge is 2.14. The number of ether oxygens (including phenoxy) is 1. The number of hydrogen-bond acceptors (Lipinski definition) is 4. The van der Waals surface area contributed by atoms with Crippen LogP contribution in [0.1, 0.15) is 23.1 Å². The maximum Gasteiger partial charge on any atom is 0.356 e. The molecule has 1 N–H and O–H groups in total. The number of nitrogens with zero attached hydrogens (tertiary/aromatic N) is 2. The van der Waals surface area contributed by atoms with Gasteiger partial charge < -0.3 is 9.84 Å². The molecule has 0 bridgehead atoms. The second-order valence-electron chi connectivity index (χ2n) is 3.23. The van der Waals surface area contributed by atoms with Crippen LogP contribution in [0, 0.1) is 0 Å². The minimum absolute atomic E-state index is 0.153. The van der Waals surface area contributed by atoms with Crippen molar-refractivity contribution in [3.05, 3.63) is 35.8 Å².